The lowest BCUT2D eigenvalue weighted by atomic mass is 10.1. The molecule has 0 aromatic heterocycles. The average molecular weight is 319 g/mol. The predicted octanol–water partition coefficient (Wildman–Crippen LogP) is 1.84. The second kappa shape index (κ2) is 11.0. The molecule has 0 radical (unpaired) electrons. The van der Waals surface area contributed by atoms with Crippen molar-refractivity contribution in [1.82, 2.24) is 10.6 Å². The number of hydrogen-bond acceptors (Lipinski definition) is 3. The first-order valence-corrected chi connectivity index (χ1v) is 8.52. The molecule has 0 bridgehead atoms. The Morgan fingerprint density at radius 1 is 1.26 bits per heavy atom. The van der Waals surface area contributed by atoms with Crippen LogP contribution in [0.1, 0.15) is 18.4 Å². The van der Waals surface area contributed by atoms with Gasteiger partial charge in [0.2, 0.25) is 0 Å². The molecule has 5 nitrogen and oxygen atoms in total. The van der Waals surface area contributed by atoms with E-state index in [1.807, 2.05) is 6.07 Å². The van der Waals surface area contributed by atoms with Gasteiger partial charge in [-0.15, -0.1) is 0 Å². The second-order valence-electron chi connectivity index (χ2n) is 5.82. The molecule has 0 spiro atoms. The first-order chi connectivity index (χ1) is 11.4. The number of nitrogens with one attached hydrogen (secondary N) is 2. The zero-order valence-electron chi connectivity index (χ0n) is 14.1. The third kappa shape index (κ3) is 7.48. The molecular weight excluding hydrogens is 290 g/mol. The highest BCUT2D eigenvalue weighted by Crippen LogP contribution is 2.12. The lowest BCUT2D eigenvalue weighted by Crippen LogP contribution is -2.39. The van der Waals surface area contributed by atoms with Gasteiger partial charge < -0.3 is 20.1 Å². The number of hydrogen-bond donors (Lipinski definition) is 2. The summed E-state index contributed by atoms with van der Waals surface area (Å²) in [5.74, 6) is 1.44. The second-order valence-corrected chi connectivity index (χ2v) is 5.82. The number of rotatable bonds is 9. The Morgan fingerprint density at radius 3 is 2.83 bits per heavy atom. The predicted molar refractivity (Wildman–Crippen MR) is 93.9 cm³/mol. The van der Waals surface area contributed by atoms with E-state index in [-0.39, 0.29) is 0 Å². The average Bonchev–Trinajstić information content (AvgIpc) is 3.10. The minimum Gasteiger partial charge on any atom is -0.381 e. The fourth-order valence-corrected chi connectivity index (χ4v) is 2.54. The van der Waals surface area contributed by atoms with Crippen molar-refractivity contribution < 1.29 is 9.47 Å². The Balaban J connectivity index is 1.47. The molecule has 0 saturated carbocycles. The molecule has 1 fully saturated rings. The molecule has 128 valence electrons. The topological polar surface area (TPSA) is 54.9 Å². The molecule has 23 heavy (non-hydrogen) atoms. The normalized spacial score (nSPS) is 18.1. The summed E-state index contributed by atoms with van der Waals surface area (Å²) in [4.78, 5) is 4.24. The van der Waals surface area contributed by atoms with Crippen molar-refractivity contribution in [3.05, 3.63) is 35.9 Å². The van der Waals surface area contributed by atoms with Gasteiger partial charge in [0, 0.05) is 39.3 Å². The van der Waals surface area contributed by atoms with Gasteiger partial charge in [-0.05, 0) is 24.8 Å². The quantitative estimate of drug-likeness (QED) is 0.414. The summed E-state index contributed by atoms with van der Waals surface area (Å²) in [7, 11) is 1.80. The Labute approximate surface area is 139 Å². The van der Waals surface area contributed by atoms with Crippen LogP contribution in [-0.2, 0) is 15.9 Å². The summed E-state index contributed by atoms with van der Waals surface area (Å²) in [6.45, 7) is 5.10. The molecule has 1 aromatic carbocycles. The summed E-state index contributed by atoms with van der Waals surface area (Å²) >= 11 is 0. The first kappa shape index (κ1) is 17.8. The van der Waals surface area contributed by atoms with Crippen LogP contribution in [0.4, 0.5) is 0 Å². The first-order valence-electron chi connectivity index (χ1n) is 8.52. The van der Waals surface area contributed by atoms with Gasteiger partial charge in [0.1, 0.15) is 0 Å². The molecule has 1 heterocycles. The van der Waals surface area contributed by atoms with Crippen molar-refractivity contribution in [1.29, 1.82) is 0 Å². The monoisotopic (exact) mass is 319 g/mol. The fourth-order valence-electron chi connectivity index (χ4n) is 2.54. The number of benzene rings is 1. The van der Waals surface area contributed by atoms with Gasteiger partial charge in [0.15, 0.2) is 5.96 Å². The molecule has 1 aliphatic heterocycles. The van der Waals surface area contributed by atoms with E-state index in [0.29, 0.717) is 5.92 Å². The van der Waals surface area contributed by atoms with E-state index in [4.69, 9.17) is 9.47 Å². The van der Waals surface area contributed by atoms with Gasteiger partial charge in [0.25, 0.3) is 0 Å². The van der Waals surface area contributed by atoms with Crippen molar-refractivity contribution >= 4 is 5.96 Å². The third-order valence-electron chi connectivity index (χ3n) is 3.91. The number of nitrogens with zero attached hydrogens (tertiary/aromatic N) is 1. The van der Waals surface area contributed by atoms with Crippen LogP contribution in [0.2, 0.25) is 0 Å². The summed E-state index contributed by atoms with van der Waals surface area (Å²) in [5, 5.41) is 6.65. The van der Waals surface area contributed by atoms with Crippen LogP contribution >= 0.6 is 0 Å². The van der Waals surface area contributed by atoms with E-state index < -0.39 is 0 Å². The van der Waals surface area contributed by atoms with Crippen molar-refractivity contribution in [2.75, 3.05) is 46.6 Å². The van der Waals surface area contributed by atoms with Gasteiger partial charge in [-0.3, -0.25) is 4.99 Å². The van der Waals surface area contributed by atoms with Crippen molar-refractivity contribution in [2.45, 2.75) is 19.3 Å². The third-order valence-corrected chi connectivity index (χ3v) is 3.91. The summed E-state index contributed by atoms with van der Waals surface area (Å²) < 4.78 is 11.0. The van der Waals surface area contributed by atoms with Crippen molar-refractivity contribution in [3.63, 3.8) is 0 Å². The lowest BCUT2D eigenvalue weighted by molar-refractivity contribution is 0.0888. The van der Waals surface area contributed by atoms with Crippen LogP contribution in [0.5, 0.6) is 0 Å². The smallest absolute Gasteiger partial charge is 0.190 e. The molecule has 0 amide bonds. The van der Waals surface area contributed by atoms with Crippen LogP contribution in [0, 0.1) is 5.92 Å². The number of ether oxygens (including phenoxy) is 2. The zero-order valence-corrected chi connectivity index (χ0v) is 14.1. The van der Waals surface area contributed by atoms with Crippen LogP contribution < -0.4 is 10.6 Å². The maximum absolute atomic E-state index is 5.69. The standard InChI is InChI=1S/C18H29N3O2/c1-19-18(21-11-8-16-6-3-2-4-7-16)20-10-5-12-22-14-17-9-13-23-15-17/h2-4,6-7,17H,5,8-15H2,1H3,(H2,19,20,21). The SMILES string of the molecule is CN=C(NCCCOCC1CCOC1)NCCc1ccccc1. The van der Waals surface area contributed by atoms with E-state index in [1.165, 1.54) is 5.56 Å². The van der Waals surface area contributed by atoms with Gasteiger partial charge in [0.05, 0.1) is 13.2 Å². The highest BCUT2D eigenvalue weighted by molar-refractivity contribution is 5.79. The van der Waals surface area contributed by atoms with Crippen LogP contribution in [0.25, 0.3) is 0 Å². The number of guanidine groups is 1. The van der Waals surface area contributed by atoms with E-state index in [9.17, 15) is 0 Å². The number of aliphatic imine (C=N–C) groups is 1. The Kier molecular flexibility index (Phi) is 8.51. The Hall–Kier alpha value is -1.59. The minimum absolute atomic E-state index is 0.593. The fraction of sp³-hybridized carbons (Fsp3) is 0.611. The Bertz CT molecular complexity index is 445. The van der Waals surface area contributed by atoms with Gasteiger partial charge in [-0.2, -0.15) is 0 Å². The highest BCUT2D eigenvalue weighted by atomic mass is 16.5. The zero-order chi connectivity index (χ0) is 16.2. The van der Waals surface area contributed by atoms with Crippen LogP contribution in [0.3, 0.4) is 0 Å². The maximum atomic E-state index is 5.69. The van der Waals surface area contributed by atoms with E-state index in [0.717, 1.165) is 64.7 Å². The Morgan fingerprint density at radius 2 is 2.09 bits per heavy atom. The minimum atomic E-state index is 0.593. The summed E-state index contributed by atoms with van der Waals surface area (Å²) in [6.07, 6.45) is 3.11. The van der Waals surface area contributed by atoms with E-state index in [1.54, 1.807) is 7.05 Å². The van der Waals surface area contributed by atoms with E-state index in [2.05, 4.69) is 39.9 Å². The van der Waals surface area contributed by atoms with Gasteiger partial charge in [-0.1, -0.05) is 30.3 Å². The highest BCUT2D eigenvalue weighted by Gasteiger charge is 2.15. The molecule has 1 aromatic rings. The van der Waals surface area contributed by atoms with Crippen molar-refractivity contribution in [3.8, 4) is 0 Å². The summed E-state index contributed by atoms with van der Waals surface area (Å²) in [5.41, 5.74) is 1.33. The molecule has 2 N–H and O–H groups in total. The van der Waals surface area contributed by atoms with Crippen molar-refractivity contribution in [2.24, 2.45) is 10.9 Å². The van der Waals surface area contributed by atoms with Gasteiger partial charge >= 0.3 is 0 Å². The molecule has 1 aliphatic rings. The molecule has 1 saturated heterocycles. The summed E-state index contributed by atoms with van der Waals surface area (Å²) in [6, 6.07) is 10.5. The van der Waals surface area contributed by atoms with Crippen LogP contribution in [0.15, 0.2) is 35.3 Å². The molecular formula is C18H29N3O2. The van der Waals surface area contributed by atoms with E-state index >= 15 is 0 Å². The largest absolute Gasteiger partial charge is 0.381 e. The molecule has 0 aliphatic carbocycles. The van der Waals surface area contributed by atoms with Crippen LogP contribution in [-0.4, -0.2) is 52.5 Å². The van der Waals surface area contributed by atoms with Gasteiger partial charge in [-0.25, -0.2) is 0 Å². The molecule has 5 heteroatoms. The maximum Gasteiger partial charge on any atom is 0.190 e. The molecule has 1 atom stereocenters. The molecule has 2 rings (SSSR count). The lowest BCUT2D eigenvalue weighted by Gasteiger charge is -2.12. The molecule has 1 unspecified atom stereocenters.